The molecule has 2 nitrogen and oxygen atoms in total. The summed E-state index contributed by atoms with van der Waals surface area (Å²) in [6, 6.07) is 4.37. The van der Waals surface area contributed by atoms with Gasteiger partial charge in [-0.2, -0.15) is 11.8 Å². The van der Waals surface area contributed by atoms with Crippen molar-refractivity contribution >= 4 is 17.6 Å². The predicted molar refractivity (Wildman–Crippen MR) is 67.5 cm³/mol. The Bertz CT molecular complexity index is 291. The van der Waals surface area contributed by atoms with Gasteiger partial charge in [0.25, 0.3) is 0 Å². The maximum absolute atomic E-state index is 4.53. The third kappa shape index (κ3) is 2.88. The molecule has 0 bridgehead atoms. The normalized spacial score (nSPS) is 16.7. The maximum Gasteiger partial charge on any atom is 0.128 e. The Hall–Kier alpha value is -0.700. The van der Waals surface area contributed by atoms with Gasteiger partial charge >= 0.3 is 0 Å². The molecule has 0 N–H and O–H groups in total. The first kappa shape index (κ1) is 10.8. The van der Waals surface area contributed by atoms with Crippen LogP contribution in [0.5, 0.6) is 0 Å². The summed E-state index contributed by atoms with van der Waals surface area (Å²) in [5.41, 5.74) is 1.32. The van der Waals surface area contributed by atoms with E-state index in [-0.39, 0.29) is 0 Å². The van der Waals surface area contributed by atoms with Gasteiger partial charge in [-0.15, -0.1) is 0 Å². The van der Waals surface area contributed by atoms with Gasteiger partial charge in [0.2, 0.25) is 0 Å². The Kier molecular flexibility index (Phi) is 3.89. The van der Waals surface area contributed by atoms with Crippen molar-refractivity contribution < 1.29 is 0 Å². The van der Waals surface area contributed by atoms with E-state index in [0.717, 1.165) is 11.6 Å². The second kappa shape index (κ2) is 5.40. The number of aromatic nitrogens is 1. The highest BCUT2D eigenvalue weighted by molar-refractivity contribution is 7.97. The van der Waals surface area contributed by atoms with Crippen molar-refractivity contribution in [3.63, 3.8) is 0 Å². The highest BCUT2D eigenvalue weighted by Gasteiger charge is 2.11. The van der Waals surface area contributed by atoms with Crippen LogP contribution in [0.3, 0.4) is 0 Å². The van der Waals surface area contributed by atoms with Crippen LogP contribution in [0, 0.1) is 0 Å². The summed E-state index contributed by atoms with van der Waals surface area (Å²) < 4.78 is 0. The summed E-state index contributed by atoms with van der Waals surface area (Å²) in [4.78, 5) is 6.93. The summed E-state index contributed by atoms with van der Waals surface area (Å²) in [5, 5.41) is 0. The molecule has 1 aromatic rings. The van der Waals surface area contributed by atoms with Gasteiger partial charge in [0.15, 0.2) is 0 Å². The van der Waals surface area contributed by atoms with Crippen LogP contribution < -0.4 is 4.90 Å². The molecule has 15 heavy (non-hydrogen) atoms. The summed E-state index contributed by atoms with van der Waals surface area (Å²) >= 11 is 1.84. The molecular formula is C12H18N2S. The van der Waals surface area contributed by atoms with Gasteiger partial charge in [0.05, 0.1) is 0 Å². The van der Waals surface area contributed by atoms with E-state index in [1.165, 1.54) is 37.9 Å². The van der Waals surface area contributed by atoms with E-state index >= 15 is 0 Å². The minimum Gasteiger partial charge on any atom is -0.357 e. The van der Waals surface area contributed by atoms with Gasteiger partial charge in [-0.05, 0) is 37.1 Å². The van der Waals surface area contributed by atoms with E-state index in [2.05, 4.69) is 28.3 Å². The van der Waals surface area contributed by atoms with E-state index < -0.39 is 0 Å². The summed E-state index contributed by atoms with van der Waals surface area (Å²) in [6.07, 6.45) is 8.14. The van der Waals surface area contributed by atoms with Crippen molar-refractivity contribution in [2.75, 3.05) is 24.2 Å². The summed E-state index contributed by atoms with van der Waals surface area (Å²) in [6.45, 7) is 2.35. The minimum atomic E-state index is 1.06. The topological polar surface area (TPSA) is 16.1 Å². The molecule has 0 aliphatic carbocycles. The highest BCUT2D eigenvalue weighted by atomic mass is 32.2. The number of thioether (sulfide) groups is 1. The molecule has 1 saturated heterocycles. The number of piperidine rings is 1. The average molecular weight is 222 g/mol. The van der Waals surface area contributed by atoms with E-state index in [4.69, 9.17) is 0 Å². The second-order valence-electron chi connectivity index (χ2n) is 4.01. The van der Waals surface area contributed by atoms with E-state index in [1.807, 2.05) is 18.0 Å². The van der Waals surface area contributed by atoms with Crippen molar-refractivity contribution in [3.8, 4) is 0 Å². The van der Waals surface area contributed by atoms with Crippen LogP contribution in [0.4, 0.5) is 5.82 Å². The molecule has 2 rings (SSSR count). The zero-order valence-corrected chi connectivity index (χ0v) is 10.1. The number of hydrogen-bond acceptors (Lipinski definition) is 3. The Morgan fingerprint density at radius 3 is 2.67 bits per heavy atom. The predicted octanol–water partition coefficient (Wildman–Crippen LogP) is 2.93. The fraction of sp³-hybridized carbons (Fsp3) is 0.583. The maximum atomic E-state index is 4.53. The molecule has 0 atom stereocenters. The third-order valence-electron chi connectivity index (χ3n) is 2.80. The monoisotopic (exact) mass is 222 g/mol. The molecule has 0 spiro atoms. The number of anilines is 1. The van der Waals surface area contributed by atoms with Crippen molar-refractivity contribution in [1.29, 1.82) is 0 Å². The standard InChI is InChI=1S/C12H18N2S/c1-15-10-11-5-6-12(13-9-11)14-7-3-2-4-8-14/h5-6,9H,2-4,7-8,10H2,1H3. The van der Waals surface area contributed by atoms with Gasteiger partial charge in [-0.25, -0.2) is 4.98 Å². The molecule has 0 aromatic carbocycles. The fourth-order valence-electron chi connectivity index (χ4n) is 1.98. The highest BCUT2D eigenvalue weighted by Crippen LogP contribution is 2.18. The van der Waals surface area contributed by atoms with Crippen LogP contribution in [0.1, 0.15) is 24.8 Å². The zero-order chi connectivity index (χ0) is 10.5. The number of nitrogens with zero attached hydrogens (tertiary/aromatic N) is 2. The number of pyridine rings is 1. The molecule has 1 aliphatic heterocycles. The Balaban J connectivity index is 2.02. The van der Waals surface area contributed by atoms with E-state index in [9.17, 15) is 0 Å². The van der Waals surface area contributed by atoms with Gasteiger partial charge in [-0.3, -0.25) is 0 Å². The first-order valence-electron chi connectivity index (χ1n) is 5.59. The van der Waals surface area contributed by atoms with Crippen molar-refractivity contribution in [1.82, 2.24) is 4.98 Å². The van der Waals surface area contributed by atoms with E-state index in [0.29, 0.717) is 0 Å². The van der Waals surface area contributed by atoms with Crippen LogP contribution in [0.25, 0.3) is 0 Å². The van der Waals surface area contributed by atoms with Crippen LogP contribution >= 0.6 is 11.8 Å². The Morgan fingerprint density at radius 1 is 1.27 bits per heavy atom. The Labute approximate surface area is 96.1 Å². The summed E-state index contributed by atoms with van der Waals surface area (Å²) in [7, 11) is 0. The quantitative estimate of drug-likeness (QED) is 0.782. The zero-order valence-electron chi connectivity index (χ0n) is 9.28. The molecule has 2 heterocycles. The number of rotatable bonds is 3. The Morgan fingerprint density at radius 2 is 2.07 bits per heavy atom. The molecule has 0 saturated carbocycles. The largest absolute Gasteiger partial charge is 0.357 e. The minimum absolute atomic E-state index is 1.06. The lowest BCUT2D eigenvalue weighted by Crippen LogP contribution is -2.30. The molecule has 0 radical (unpaired) electrons. The van der Waals surface area contributed by atoms with Crippen LogP contribution in [0.2, 0.25) is 0 Å². The lowest BCUT2D eigenvalue weighted by atomic mass is 10.1. The first-order valence-corrected chi connectivity index (χ1v) is 6.98. The SMILES string of the molecule is CSCc1ccc(N2CCCCC2)nc1. The molecule has 1 fully saturated rings. The van der Waals surface area contributed by atoms with Crippen molar-refractivity contribution in [2.24, 2.45) is 0 Å². The molecule has 3 heteroatoms. The average Bonchev–Trinajstić information content (AvgIpc) is 2.32. The van der Waals surface area contributed by atoms with Crippen LogP contribution in [0.15, 0.2) is 18.3 Å². The van der Waals surface area contributed by atoms with Gasteiger partial charge in [0, 0.05) is 25.0 Å². The molecule has 1 aliphatic rings. The lowest BCUT2D eigenvalue weighted by Gasteiger charge is -2.27. The summed E-state index contributed by atoms with van der Waals surface area (Å²) in [5.74, 6) is 2.22. The molecule has 0 unspecified atom stereocenters. The lowest BCUT2D eigenvalue weighted by molar-refractivity contribution is 0.573. The van der Waals surface area contributed by atoms with Crippen molar-refractivity contribution in [3.05, 3.63) is 23.9 Å². The first-order chi connectivity index (χ1) is 7.40. The molecular weight excluding hydrogens is 204 g/mol. The fourth-order valence-corrected chi connectivity index (χ4v) is 2.48. The van der Waals surface area contributed by atoms with Gasteiger partial charge in [0.1, 0.15) is 5.82 Å². The third-order valence-corrected chi connectivity index (χ3v) is 3.42. The van der Waals surface area contributed by atoms with Crippen LogP contribution in [-0.2, 0) is 5.75 Å². The van der Waals surface area contributed by atoms with Gasteiger partial charge in [-0.1, -0.05) is 6.07 Å². The number of hydrogen-bond donors (Lipinski definition) is 0. The van der Waals surface area contributed by atoms with E-state index in [1.54, 1.807) is 0 Å². The molecule has 0 amide bonds. The molecule has 82 valence electrons. The second-order valence-corrected chi connectivity index (χ2v) is 4.87. The molecule has 1 aromatic heterocycles. The smallest absolute Gasteiger partial charge is 0.128 e. The van der Waals surface area contributed by atoms with Crippen molar-refractivity contribution in [2.45, 2.75) is 25.0 Å². The van der Waals surface area contributed by atoms with Crippen LogP contribution in [-0.4, -0.2) is 24.3 Å². The van der Waals surface area contributed by atoms with Gasteiger partial charge < -0.3 is 4.90 Å².